The van der Waals surface area contributed by atoms with Gasteiger partial charge in [-0.1, -0.05) is 29.8 Å². The molecule has 7 nitrogen and oxygen atoms in total. The van der Waals surface area contributed by atoms with Crippen molar-refractivity contribution in [3.8, 4) is 11.6 Å². The molecule has 130 valence electrons. The van der Waals surface area contributed by atoms with Crippen molar-refractivity contribution < 1.29 is 9.47 Å². The molecule has 0 fully saturated rings. The van der Waals surface area contributed by atoms with Gasteiger partial charge in [-0.15, -0.1) is 5.10 Å². The summed E-state index contributed by atoms with van der Waals surface area (Å²) in [5.41, 5.74) is 6.02. The van der Waals surface area contributed by atoms with Gasteiger partial charge in [0.1, 0.15) is 17.3 Å². The summed E-state index contributed by atoms with van der Waals surface area (Å²) in [6, 6.07) is 9.01. The van der Waals surface area contributed by atoms with Crippen LogP contribution in [-0.2, 0) is 4.74 Å². The Balaban J connectivity index is 2.40. The summed E-state index contributed by atoms with van der Waals surface area (Å²) in [6.45, 7) is 4.03. The standard InChI is InChI=1S/C16H21ClN4O3/c1-2-23-10-11-24-15-14(19-9-8-18)13(17)16(22)21(20-15)12-6-4-3-5-7-12/h3-7,19H,2,8-11,18H2,1H3. The number of rotatable bonds is 9. The van der Waals surface area contributed by atoms with Gasteiger partial charge in [0, 0.05) is 19.7 Å². The summed E-state index contributed by atoms with van der Waals surface area (Å²) >= 11 is 6.24. The van der Waals surface area contributed by atoms with E-state index in [2.05, 4.69) is 10.4 Å². The molecule has 0 saturated heterocycles. The maximum Gasteiger partial charge on any atom is 0.292 e. The highest BCUT2D eigenvalue weighted by Crippen LogP contribution is 2.27. The maximum atomic E-state index is 12.5. The number of hydrogen-bond acceptors (Lipinski definition) is 6. The summed E-state index contributed by atoms with van der Waals surface area (Å²) in [4.78, 5) is 12.5. The number of nitrogens with one attached hydrogen (secondary N) is 1. The van der Waals surface area contributed by atoms with Crippen molar-refractivity contribution >= 4 is 17.3 Å². The van der Waals surface area contributed by atoms with Gasteiger partial charge in [0.25, 0.3) is 11.4 Å². The minimum Gasteiger partial charge on any atom is -0.473 e. The number of hydrogen-bond donors (Lipinski definition) is 2. The third-order valence-corrected chi connectivity index (χ3v) is 3.47. The minimum atomic E-state index is -0.431. The summed E-state index contributed by atoms with van der Waals surface area (Å²) in [5.74, 6) is 0.233. The van der Waals surface area contributed by atoms with E-state index in [-0.39, 0.29) is 10.9 Å². The quantitative estimate of drug-likeness (QED) is 0.667. The zero-order valence-corrected chi connectivity index (χ0v) is 14.3. The Bertz CT molecular complexity index is 706. The van der Waals surface area contributed by atoms with Gasteiger partial charge in [-0.3, -0.25) is 4.79 Å². The maximum absolute atomic E-state index is 12.5. The first-order valence-corrected chi connectivity index (χ1v) is 8.09. The highest BCUT2D eigenvalue weighted by Gasteiger charge is 2.18. The van der Waals surface area contributed by atoms with E-state index in [4.69, 9.17) is 26.8 Å². The highest BCUT2D eigenvalue weighted by atomic mass is 35.5. The van der Waals surface area contributed by atoms with Gasteiger partial charge in [0.15, 0.2) is 0 Å². The van der Waals surface area contributed by atoms with Crippen molar-refractivity contribution in [1.29, 1.82) is 0 Å². The topological polar surface area (TPSA) is 91.4 Å². The van der Waals surface area contributed by atoms with Crippen LogP contribution in [0.1, 0.15) is 6.92 Å². The number of halogens is 1. The lowest BCUT2D eigenvalue weighted by molar-refractivity contribution is 0.108. The number of aromatic nitrogens is 2. The van der Waals surface area contributed by atoms with Gasteiger partial charge < -0.3 is 20.5 Å². The fraction of sp³-hybridized carbons (Fsp3) is 0.375. The predicted molar refractivity (Wildman–Crippen MR) is 94.4 cm³/mol. The number of ether oxygens (including phenoxy) is 2. The van der Waals surface area contributed by atoms with E-state index in [0.29, 0.717) is 44.3 Å². The van der Waals surface area contributed by atoms with Crippen LogP contribution < -0.4 is 21.3 Å². The lowest BCUT2D eigenvalue weighted by atomic mass is 10.3. The molecular formula is C16H21ClN4O3. The fourth-order valence-electron chi connectivity index (χ4n) is 2.02. The molecule has 0 unspecified atom stereocenters. The van der Waals surface area contributed by atoms with Crippen LogP contribution in [0.25, 0.3) is 5.69 Å². The van der Waals surface area contributed by atoms with Crippen molar-refractivity contribution in [1.82, 2.24) is 9.78 Å². The SMILES string of the molecule is CCOCCOc1nn(-c2ccccc2)c(=O)c(Cl)c1NCCN. The number of nitrogens with two attached hydrogens (primary N) is 1. The summed E-state index contributed by atoms with van der Waals surface area (Å²) in [6.07, 6.45) is 0. The number of anilines is 1. The molecule has 0 aliphatic rings. The molecule has 0 aliphatic carbocycles. The Labute approximate surface area is 145 Å². The van der Waals surface area contributed by atoms with Crippen LogP contribution in [-0.4, -0.2) is 42.7 Å². The van der Waals surface area contributed by atoms with Gasteiger partial charge in [0.2, 0.25) is 0 Å². The normalized spacial score (nSPS) is 10.6. The third-order valence-electron chi connectivity index (χ3n) is 3.12. The molecule has 2 aromatic rings. The number of nitrogens with zero attached hydrogens (tertiary/aromatic N) is 2. The van der Waals surface area contributed by atoms with Crippen LogP contribution in [0.4, 0.5) is 5.69 Å². The molecule has 0 amide bonds. The van der Waals surface area contributed by atoms with Crippen LogP contribution in [0.15, 0.2) is 35.1 Å². The smallest absolute Gasteiger partial charge is 0.292 e. The summed E-state index contributed by atoms with van der Waals surface area (Å²) < 4.78 is 12.1. The molecule has 0 aliphatic heterocycles. The molecule has 8 heteroatoms. The van der Waals surface area contributed by atoms with Crippen LogP contribution in [0.2, 0.25) is 5.02 Å². The van der Waals surface area contributed by atoms with E-state index >= 15 is 0 Å². The van der Waals surface area contributed by atoms with Gasteiger partial charge in [-0.2, -0.15) is 4.68 Å². The zero-order chi connectivity index (χ0) is 17.4. The Morgan fingerprint density at radius 1 is 1.29 bits per heavy atom. The van der Waals surface area contributed by atoms with Crippen LogP contribution in [0, 0.1) is 0 Å². The van der Waals surface area contributed by atoms with E-state index < -0.39 is 5.56 Å². The molecule has 1 aromatic heterocycles. The lowest BCUT2D eigenvalue weighted by Crippen LogP contribution is -2.26. The molecule has 24 heavy (non-hydrogen) atoms. The number of para-hydroxylation sites is 1. The second kappa shape index (κ2) is 9.27. The van der Waals surface area contributed by atoms with E-state index in [1.807, 2.05) is 25.1 Å². The zero-order valence-electron chi connectivity index (χ0n) is 13.5. The average molecular weight is 353 g/mol. The molecule has 1 aromatic carbocycles. The van der Waals surface area contributed by atoms with Gasteiger partial charge in [0.05, 0.1) is 12.3 Å². The van der Waals surface area contributed by atoms with Crippen molar-refractivity contribution in [3.63, 3.8) is 0 Å². The van der Waals surface area contributed by atoms with Crippen molar-refractivity contribution in [3.05, 3.63) is 45.7 Å². The first kappa shape index (κ1) is 18.3. The van der Waals surface area contributed by atoms with Gasteiger partial charge >= 0.3 is 0 Å². The van der Waals surface area contributed by atoms with E-state index in [1.54, 1.807) is 12.1 Å². The van der Waals surface area contributed by atoms with Crippen molar-refractivity contribution in [2.45, 2.75) is 6.92 Å². The van der Waals surface area contributed by atoms with Crippen molar-refractivity contribution in [2.24, 2.45) is 5.73 Å². The van der Waals surface area contributed by atoms with E-state index in [1.165, 1.54) is 4.68 Å². The Hall–Kier alpha value is -2.09. The predicted octanol–water partition coefficient (Wildman–Crippen LogP) is 1.67. The Kier molecular flexibility index (Phi) is 7.05. The molecule has 2 rings (SSSR count). The second-order valence-electron chi connectivity index (χ2n) is 4.81. The molecule has 0 spiro atoms. The summed E-state index contributed by atoms with van der Waals surface area (Å²) in [7, 11) is 0. The molecular weight excluding hydrogens is 332 g/mol. The van der Waals surface area contributed by atoms with Crippen LogP contribution in [0.5, 0.6) is 5.88 Å². The monoisotopic (exact) mass is 352 g/mol. The molecule has 0 radical (unpaired) electrons. The Morgan fingerprint density at radius 2 is 2.04 bits per heavy atom. The van der Waals surface area contributed by atoms with E-state index in [0.717, 1.165) is 0 Å². The lowest BCUT2D eigenvalue weighted by Gasteiger charge is -2.15. The van der Waals surface area contributed by atoms with Crippen LogP contribution >= 0.6 is 11.6 Å². The molecule has 0 atom stereocenters. The second-order valence-corrected chi connectivity index (χ2v) is 5.19. The first-order chi connectivity index (χ1) is 11.7. The van der Waals surface area contributed by atoms with E-state index in [9.17, 15) is 4.79 Å². The summed E-state index contributed by atoms with van der Waals surface area (Å²) in [5, 5.41) is 7.29. The largest absolute Gasteiger partial charge is 0.473 e. The first-order valence-electron chi connectivity index (χ1n) is 7.71. The van der Waals surface area contributed by atoms with Gasteiger partial charge in [-0.25, -0.2) is 0 Å². The number of benzene rings is 1. The Morgan fingerprint density at radius 3 is 2.71 bits per heavy atom. The fourth-order valence-corrected chi connectivity index (χ4v) is 2.24. The molecule has 1 heterocycles. The van der Waals surface area contributed by atoms with Crippen LogP contribution in [0.3, 0.4) is 0 Å². The van der Waals surface area contributed by atoms with Gasteiger partial charge in [-0.05, 0) is 19.1 Å². The highest BCUT2D eigenvalue weighted by molar-refractivity contribution is 6.33. The average Bonchev–Trinajstić information content (AvgIpc) is 2.61. The molecule has 3 N–H and O–H groups in total. The minimum absolute atomic E-state index is 0.00807. The third kappa shape index (κ3) is 4.47. The van der Waals surface area contributed by atoms with Crippen molar-refractivity contribution in [2.75, 3.05) is 38.2 Å². The molecule has 0 saturated carbocycles. The molecule has 0 bridgehead atoms.